The summed E-state index contributed by atoms with van der Waals surface area (Å²) in [5, 5.41) is 33.3. The van der Waals surface area contributed by atoms with E-state index in [4.69, 9.17) is 10.9 Å². The van der Waals surface area contributed by atoms with E-state index >= 15 is 0 Å². The Bertz CT molecular complexity index is 862. The summed E-state index contributed by atoms with van der Waals surface area (Å²) in [5.74, 6) is -3.51. The molecule has 0 saturated carbocycles. The summed E-state index contributed by atoms with van der Waals surface area (Å²) in [6.45, 7) is 1.65. The number of carboxylic acids is 2. The lowest BCUT2D eigenvalue weighted by atomic mass is 10.1. The van der Waals surface area contributed by atoms with Crippen LogP contribution in [0.2, 0.25) is 0 Å². The lowest BCUT2D eigenvalue weighted by Gasteiger charge is -2.26. The van der Waals surface area contributed by atoms with E-state index < -0.39 is 35.0 Å². The number of anilines is 1. The average molecular weight is 413 g/mol. The predicted octanol–water partition coefficient (Wildman–Crippen LogP) is 0.0178. The molecular weight excluding hydrogens is 398 g/mol. The number of carbonyl (C=O) groups is 3. The molecule has 1 amide bonds. The number of oxime groups is 1. The van der Waals surface area contributed by atoms with Crippen molar-refractivity contribution >= 4 is 57.5 Å². The third kappa shape index (κ3) is 4.62. The molecule has 2 heterocycles. The van der Waals surface area contributed by atoms with Gasteiger partial charge in [0.25, 0.3) is 5.91 Å². The van der Waals surface area contributed by atoms with Gasteiger partial charge in [0.05, 0.1) is 0 Å². The number of nitrogens with two attached hydrogens (primary N) is 1. The van der Waals surface area contributed by atoms with Crippen LogP contribution in [-0.4, -0.2) is 66.8 Å². The zero-order chi connectivity index (χ0) is 20.1. The number of carbonyl (C=O) groups excluding carboxylic acids is 1. The van der Waals surface area contributed by atoms with Crippen LogP contribution in [0.3, 0.4) is 0 Å². The molecule has 0 spiro atoms. The largest absolute Gasteiger partial charge is 0.480 e. The molecule has 1 aliphatic rings. The van der Waals surface area contributed by atoms with Crippen LogP contribution < -0.4 is 11.1 Å². The minimum absolute atomic E-state index is 0.0242. The second-order valence-corrected chi connectivity index (χ2v) is 7.10. The molecule has 1 aromatic heterocycles. The smallest absolute Gasteiger partial charge is 0.354 e. The highest BCUT2D eigenvalue weighted by Gasteiger charge is 2.36. The van der Waals surface area contributed by atoms with Crippen LogP contribution in [0.15, 0.2) is 27.2 Å². The molecule has 0 saturated heterocycles. The van der Waals surface area contributed by atoms with E-state index in [0.29, 0.717) is 5.57 Å². The summed E-state index contributed by atoms with van der Waals surface area (Å²) >= 11 is 2.07. The molecule has 144 valence electrons. The molecule has 1 aromatic rings. The van der Waals surface area contributed by atoms with Crippen LogP contribution in [0.5, 0.6) is 0 Å². The fourth-order valence-corrected chi connectivity index (χ4v) is 3.91. The van der Waals surface area contributed by atoms with Crippen LogP contribution in [-0.2, 0) is 14.4 Å². The standard InChI is InChI=1S/C14H15N5O6S2/c1-2-5-3-26-11(18-7(5)12(21)22)9(13(23)24)17-10(20)8(19-25)6-4-27-14(15)16-6/h2,4,9,11,25H,3H2,1H3,(H2,15,16)(H,17,20)(H,21,22)(H,23,24)/b5-2+,19-8-/t9-,11+/m1/s1. The SMILES string of the molecule is C/C=C1\CS[C@@H]([C@@H](NC(=O)/C(=N\O)c2csc(N)n2)C(=O)O)N=C1C(=O)O. The number of nitrogens with zero attached hydrogens (tertiary/aromatic N) is 3. The van der Waals surface area contributed by atoms with Crippen molar-refractivity contribution in [2.75, 3.05) is 11.5 Å². The minimum atomic E-state index is -1.55. The lowest BCUT2D eigenvalue weighted by molar-refractivity contribution is -0.141. The van der Waals surface area contributed by atoms with Crippen LogP contribution in [0, 0.1) is 0 Å². The fourth-order valence-electron chi connectivity index (χ4n) is 2.15. The van der Waals surface area contributed by atoms with Gasteiger partial charge in [-0.15, -0.1) is 23.1 Å². The molecule has 0 bridgehead atoms. The second-order valence-electron chi connectivity index (χ2n) is 5.11. The molecule has 0 fully saturated rings. The number of nitrogen functional groups attached to an aromatic ring is 1. The molecule has 1 aliphatic heterocycles. The normalized spacial score (nSPS) is 20.0. The highest BCUT2D eigenvalue weighted by Crippen LogP contribution is 2.26. The fraction of sp³-hybridized carbons (Fsp3) is 0.286. The minimum Gasteiger partial charge on any atom is -0.480 e. The number of thiazole rings is 1. The number of nitrogens with one attached hydrogen (secondary N) is 1. The highest BCUT2D eigenvalue weighted by atomic mass is 32.2. The summed E-state index contributed by atoms with van der Waals surface area (Å²) < 4.78 is 0. The molecule has 27 heavy (non-hydrogen) atoms. The van der Waals surface area contributed by atoms with Gasteiger partial charge < -0.3 is 26.5 Å². The summed E-state index contributed by atoms with van der Waals surface area (Å²) in [6, 6.07) is -1.55. The summed E-state index contributed by atoms with van der Waals surface area (Å²) in [6.07, 6.45) is 1.58. The first kappa shape index (κ1) is 20.4. The van der Waals surface area contributed by atoms with E-state index in [0.717, 1.165) is 23.1 Å². The number of aliphatic imine (C=N–C) groups is 1. The predicted molar refractivity (Wildman–Crippen MR) is 99.5 cm³/mol. The molecule has 13 heteroatoms. The maximum atomic E-state index is 12.4. The summed E-state index contributed by atoms with van der Waals surface area (Å²) in [4.78, 5) is 43.1. The first-order valence-electron chi connectivity index (χ1n) is 7.33. The molecule has 6 N–H and O–H groups in total. The van der Waals surface area contributed by atoms with Crippen molar-refractivity contribution < 1.29 is 29.8 Å². The maximum Gasteiger partial charge on any atom is 0.354 e. The van der Waals surface area contributed by atoms with Gasteiger partial charge in [-0.05, 0) is 12.5 Å². The summed E-state index contributed by atoms with van der Waals surface area (Å²) in [5.41, 5.74) is 5.12. The van der Waals surface area contributed by atoms with E-state index in [1.807, 2.05) is 0 Å². The Balaban J connectivity index is 2.28. The number of hydrogen-bond acceptors (Lipinski definition) is 10. The molecule has 0 radical (unpaired) electrons. The van der Waals surface area contributed by atoms with E-state index in [1.165, 1.54) is 5.38 Å². The second kappa shape index (κ2) is 8.64. The van der Waals surface area contributed by atoms with Gasteiger partial charge in [-0.2, -0.15) is 0 Å². The first-order valence-corrected chi connectivity index (χ1v) is 9.26. The zero-order valence-electron chi connectivity index (χ0n) is 13.8. The molecular formula is C14H15N5O6S2. The van der Waals surface area contributed by atoms with Gasteiger partial charge in [0, 0.05) is 11.1 Å². The van der Waals surface area contributed by atoms with Gasteiger partial charge in [0.15, 0.2) is 16.9 Å². The monoisotopic (exact) mass is 413 g/mol. The van der Waals surface area contributed by atoms with Gasteiger partial charge in [0.2, 0.25) is 0 Å². The van der Waals surface area contributed by atoms with E-state index in [2.05, 4.69) is 20.4 Å². The van der Waals surface area contributed by atoms with E-state index in [-0.39, 0.29) is 22.3 Å². The number of aliphatic carboxylic acids is 2. The first-order chi connectivity index (χ1) is 12.8. The molecule has 0 aromatic carbocycles. The van der Waals surface area contributed by atoms with Gasteiger partial charge in [0.1, 0.15) is 16.8 Å². The quantitative estimate of drug-likeness (QED) is 0.243. The molecule has 0 unspecified atom stereocenters. The number of thioether (sulfide) groups is 1. The Labute approximate surface area is 160 Å². The Kier molecular flexibility index (Phi) is 6.52. The van der Waals surface area contributed by atoms with Crippen molar-refractivity contribution in [2.24, 2.45) is 10.1 Å². The molecule has 11 nitrogen and oxygen atoms in total. The topological polar surface area (TPSA) is 188 Å². The molecule has 0 aliphatic carbocycles. The van der Waals surface area contributed by atoms with Gasteiger partial charge in [-0.1, -0.05) is 11.2 Å². The Hall–Kier alpha value is -2.93. The number of carboxylic acid groups (broad SMARTS) is 2. The Morgan fingerprint density at radius 1 is 1.44 bits per heavy atom. The number of allylic oxidation sites excluding steroid dienone is 1. The van der Waals surface area contributed by atoms with Crippen LogP contribution in [0.25, 0.3) is 0 Å². The van der Waals surface area contributed by atoms with Crippen molar-refractivity contribution in [3.8, 4) is 0 Å². The van der Waals surface area contributed by atoms with Crippen LogP contribution >= 0.6 is 23.1 Å². The number of rotatable bonds is 6. The number of aromatic nitrogens is 1. The third-order valence-electron chi connectivity index (χ3n) is 3.44. The average Bonchev–Trinajstić information content (AvgIpc) is 3.05. The Morgan fingerprint density at radius 3 is 2.63 bits per heavy atom. The summed E-state index contributed by atoms with van der Waals surface area (Å²) in [7, 11) is 0. The molecule has 2 atom stereocenters. The number of amides is 1. The number of hydrogen-bond donors (Lipinski definition) is 5. The van der Waals surface area contributed by atoms with Gasteiger partial charge in [-0.25, -0.2) is 14.6 Å². The van der Waals surface area contributed by atoms with Crippen molar-refractivity contribution in [3.05, 3.63) is 22.7 Å². The third-order valence-corrected chi connectivity index (χ3v) is 5.31. The Morgan fingerprint density at radius 2 is 2.15 bits per heavy atom. The van der Waals surface area contributed by atoms with Crippen molar-refractivity contribution in [2.45, 2.75) is 18.3 Å². The van der Waals surface area contributed by atoms with Crippen molar-refractivity contribution in [1.29, 1.82) is 0 Å². The van der Waals surface area contributed by atoms with Gasteiger partial charge in [-0.3, -0.25) is 9.79 Å². The van der Waals surface area contributed by atoms with Crippen molar-refractivity contribution in [3.63, 3.8) is 0 Å². The maximum absolute atomic E-state index is 12.4. The van der Waals surface area contributed by atoms with E-state index in [1.54, 1.807) is 13.0 Å². The highest BCUT2D eigenvalue weighted by molar-refractivity contribution is 8.00. The van der Waals surface area contributed by atoms with Crippen molar-refractivity contribution in [1.82, 2.24) is 10.3 Å². The van der Waals surface area contributed by atoms with Gasteiger partial charge >= 0.3 is 11.9 Å². The van der Waals surface area contributed by atoms with Crippen LogP contribution in [0.4, 0.5) is 5.13 Å². The molecule has 2 rings (SSSR count). The van der Waals surface area contributed by atoms with Crippen LogP contribution in [0.1, 0.15) is 12.6 Å². The zero-order valence-corrected chi connectivity index (χ0v) is 15.5. The van der Waals surface area contributed by atoms with E-state index in [9.17, 15) is 24.6 Å². The lowest BCUT2D eigenvalue weighted by Crippen LogP contribution is -2.50.